The number of hydrogen-bond donors (Lipinski definition) is 1. The lowest BCUT2D eigenvalue weighted by atomic mass is 10.0. The van der Waals surface area contributed by atoms with Gasteiger partial charge in [-0.25, -0.2) is 9.67 Å². The molecule has 7 heteroatoms. The van der Waals surface area contributed by atoms with Gasteiger partial charge in [0.25, 0.3) is 0 Å². The maximum atomic E-state index is 4.39. The third kappa shape index (κ3) is 3.04. The van der Waals surface area contributed by atoms with E-state index in [1.54, 1.807) is 6.33 Å². The first-order valence-electron chi connectivity index (χ1n) is 6.92. The van der Waals surface area contributed by atoms with E-state index in [-0.39, 0.29) is 6.04 Å². The Balaban J connectivity index is 2.25. The van der Waals surface area contributed by atoms with E-state index in [0.717, 1.165) is 17.9 Å². The average molecular weight is 294 g/mol. The van der Waals surface area contributed by atoms with Crippen molar-refractivity contribution in [1.82, 2.24) is 29.7 Å². The second-order valence-corrected chi connectivity index (χ2v) is 6.22. The number of nitrogens with one attached hydrogen (secondary N) is 1. The van der Waals surface area contributed by atoms with Crippen LogP contribution in [0, 0.1) is 0 Å². The van der Waals surface area contributed by atoms with Gasteiger partial charge in [-0.1, -0.05) is 18.3 Å². The van der Waals surface area contributed by atoms with Crippen molar-refractivity contribution >= 4 is 11.5 Å². The fraction of sp³-hybridized carbons (Fsp3) is 0.692. The summed E-state index contributed by atoms with van der Waals surface area (Å²) in [6.45, 7) is 8.51. The van der Waals surface area contributed by atoms with Crippen molar-refractivity contribution in [3.63, 3.8) is 0 Å². The van der Waals surface area contributed by atoms with E-state index in [1.165, 1.54) is 16.4 Å². The van der Waals surface area contributed by atoms with Gasteiger partial charge in [-0.2, -0.15) is 5.10 Å². The van der Waals surface area contributed by atoms with E-state index in [2.05, 4.69) is 52.7 Å². The molecule has 0 amide bonds. The summed E-state index contributed by atoms with van der Waals surface area (Å²) in [5.41, 5.74) is 1.07. The molecule has 0 fully saturated rings. The number of hydrogen-bond acceptors (Lipinski definition) is 6. The van der Waals surface area contributed by atoms with Crippen molar-refractivity contribution in [3.05, 3.63) is 22.7 Å². The molecule has 0 aliphatic rings. The molecule has 2 rings (SSSR count). The Bertz CT molecular complexity index is 545. The van der Waals surface area contributed by atoms with Gasteiger partial charge in [0.2, 0.25) is 0 Å². The van der Waals surface area contributed by atoms with Crippen LogP contribution < -0.4 is 5.32 Å². The molecule has 0 saturated heterocycles. The van der Waals surface area contributed by atoms with Gasteiger partial charge >= 0.3 is 0 Å². The molecule has 1 unspecified atom stereocenters. The average Bonchev–Trinajstić information content (AvgIpc) is 3.04. The lowest BCUT2D eigenvalue weighted by molar-refractivity contribution is 0.478. The zero-order valence-corrected chi connectivity index (χ0v) is 13.5. The maximum Gasteiger partial charge on any atom is 0.138 e. The van der Waals surface area contributed by atoms with Crippen LogP contribution in [0.4, 0.5) is 0 Å². The zero-order chi connectivity index (χ0) is 14.7. The van der Waals surface area contributed by atoms with Gasteiger partial charge in [0, 0.05) is 12.5 Å². The first kappa shape index (κ1) is 15.1. The van der Waals surface area contributed by atoms with Crippen molar-refractivity contribution in [1.29, 1.82) is 0 Å². The standard InChI is InChI=1S/C13H22N6S/c1-8(2)12-13(20-18-17-12)10(14-5)6-11-15-7-16-19(11)9(3)4/h7-10,14H,6H2,1-5H3. The highest BCUT2D eigenvalue weighted by Crippen LogP contribution is 2.28. The minimum Gasteiger partial charge on any atom is -0.312 e. The normalized spacial score (nSPS) is 13.3. The van der Waals surface area contributed by atoms with Crippen molar-refractivity contribution in [2.75, 3.05) is 7.05 Å². The van der Waals surface area contributed by atoms with Gasteiger partial charge in [-0.15, -0.1) is 5.10 Å². The molecular weight excluding hydrogens is 272 g/mol. The van der Waals surface area contributed by atoms with E-state index in [9.17, 15) is 0 Å². The molecule has 0 aliphatic carbocycles. The molecule has 0 aromatic carbocycles. The highest BCUT2D eigenvalue weighted by molar-refractivity contribution is 7.05. The van der Waals surface area contributed by atoms with Crippen LogP contribution in [-0.4, -0.2) is 31.4 Å². The molecule has 0 radical (unpaired) electrons. The molecule has 110 valence electrons. The van der Waals surface area contributed by atoms with Gasteiger partial charge in [0.15, 0.2) is 0 Å². The summed E-state index contributed by atoms with van der Waals surface area (Å²) in [4.78, 5) is 5.58. The topological polar surface area (TPSA) is 68.5 Å². The Hall–Kier alpha value is -1.34. The van der Waals surface area contributed by atoms with Crippen molar-refractivity contribution in [3.8, 4) is 0 Å². The van der Waals surface area contributed by atoms with Gasteiger partial charge in [-0.3, -0.25) is 0 Å². The van der Waals surface area contributed by atoms with E-state index in [4.69, 9.17) is 0 Å². The highest BCUT2D eigenvalue weighted by atomic mass is 32.1. The Morgan fingerprint density at radius 2 is 2.05 bits per heavy atom. The maximum absolute atomic E-state index is 4.39. The summed E-state index contributed by atoms with van der Waals surface area (Å²) in [6, 6.07) is 0.489. The van der Waals surface area contributed by atoms with E-state index in [1.807, 2.05) is 11.7 Å². The fourth-order valence-corrected chi connectivity index (χ4v) is 3.12. The molecule has 2 aromatic heterocycles. The Kier molecular flexibility index (Phi) is 4.82. The molecule has 6 nitrogen and oxygen atoms in total. The minimum absolute atomic E-state index is 0.175. The molecule has 2 aromatic rings. The predicted octanol–water partition coefficient (Wildman–Crippen LogP) is 2.34. The van der Waals surface area contributed by atoms with E-state index < -0.39 is 0 Å². The van der Waals surface area contributed by atoms with Crippen LogP contribution in [-0.2, 0) is 6.42 Å². The molecule has 0 spiro atoms. The first-order chi connectivity index (χ1) is 9.54. The molecular formula is C13H22N6S. The zero-order valence-electron chi connectivity index (χ0n) is 12.7. The quantitative estimate of drug-likeness (QED) is 0.885. The van der Waals surface area contributed by atoms with Crippen molar-refractivity contribution in [2.45, 2.75) is 52.1 Å². The fourth-order valence-electron chi connectivity index (χ4n) is 2.21. The molecule has 0 aliphatic heterocycles. The Morgan fingerprint density at radius 1 is 1.30 bits per heavy atom. The molecule has 1 atom stereocenters. The Labute approximate surface area is 123 Å². The first-order valence-corrected chi connectivity index (χ1v) is 7.69. The molecule has 0 bridgehead atoms. The smallest absolute Gasteiger partial charge is 0.138 e. The molecule has 1 N–H and O–H groups in total. The highest BCUT2D eigenvalue weighted by Gasteiger charge is 2.22. The Morgan fingerprint density at radius 3 is 2.65 bits per heavy atom. The summed E-state index contributed by atoms with van der Waals surface area (Å²) < 4.78 is 6.07. The van der Waals surface area contributed by atoms with E-state index >= 15 is 0 Å². The third-order valence-corrected chi connectivity index (χ3v) is 4.13. The lowest BCUT2D eigenvalue weighted by Crippen LogP contribution is -2.22. The SMILES string of the molecule is CNC(Cc1ncnn1C(C)C)c1snnc1C(C)C. The summed E-state index contributed by atoms with van der Waals surface area (Å²) in [5.74, 6) is 1.37. The van der Waals surface area contributed by atoms with Crippen LogP contribution in [0.3, 0.4) is 0 Å². The summed E-state index contributed by atoms with van der Waals surface area (Å²) in [7, 11) is 1.96. The lowest BCUT2D eigenvalue weighted by Gasteiger charge is -2.17. The molecule has 0 saturated carbocycles. The summed E-state index contributed by atoms with van der Waals surface area (Å²) in [5, 5.41) is 11.9. The second kappa shape index (κ2) is 6.41. The minimum atomic E-state index is 0.175. The van der Waals surface area contributed by atoms with Crippen LogP contribution in [0.25, 0.3) is 0 Å². The number of nitrogens with zero attached hydrogens (tertiary/aromatic N) is 5. The second-order valence-electron chi connectivity index (χ2n) is 5.44. The predicted molar refractivity (Wildman–Crippen MR) is 79.9 cm³/mol. The van der Waals surface area contributed by atoms with Crippen LogP contribution in [0.5, 0.6) is 0 Å². The molecule has 2 heterocycles. The summed E-state index contributed by atoms with van der Waals surface area (Å²) >= 11 is 1.47. The monoisotopic (exact) mass is 294 g/mol. The van der Waals surface area contributed by atoms with Gasteiger partial charge in [-0.05, 0) is 38.3 Å². The number of rotatable bonds is 6. The van der Waals surface area contributed by atoms with Crippen molar-refractivity contribution in [2.24, 2.45) is 0 Å². The van der Waals surface area contributed by atoms with Gasteiger partial charge < -0.3 is 5.32 Å². The third-order valence-electron chi connectivity index (χ3n) is 3.28. The van der Waals surface area contributed by atoms with Crippen LogP contribution >= 0.6 is 11.5 Å². The molecule has 20 heavy (non-hydrogen) atoms. The number of likely N-dealkylation sites (N-methyl/N-ethyl adjacent to an activating group) is 1. The van der Waals surface area contributed by atoms with Crippen LogP contribution in [0.15, 0.2) is 6.33 Å². The van der Waals surface area contributed by atoms with E-state index in [0.29, 0.717) is 12.0 Å². The van der Waals surface area contributed by atoms with Crippen molar-refractivity contribution < 1.29 is 0 Å². The summed E-state index contributed by atoms with van der Waals surface area (Å²) in [6.07, 6.45) is 2.41. The van der Waals surface area contributed by atoms with Gasteiger partial charge in [0.05, 0.1) is 16.6 Å². The van der Waals surface area contributed by atoms with Crippen LogP contribution in [0.1, 0.15) is 62.1 Å². The van der Waals surface area contributed by atoms with Crippen LogP contribution in [0.2, 0.25) is 0 Å². The largest absolute Gasteiger partial charge is 0.312 e. The van der Waals surface area contributed by atoms with Gasteiger partial charge in [0.1, 0.15) is 12.2 Å². The number of aromatic nitrogens is 5.